The number of hydrogen-bond donors (Lipinski definition) is 2. The van der Waals surface area contributed by atoms with Gasteiger partial charge in [0.2, 0.25) is 15.9 Å². The molecule has 22 heavy (non-hydrogen) atoms. The molecule has 0 aliphatic carbocycles. The summed E-state index contributed by atoms with van der Waals surface area (Å²) < 4.78 is 34.9. The number of rotatable bonds is 13. The van der Waals surface area contributed by atoms with Crippen LogP contribution in [0.3, 0.4) is 0 Å². The maximum absolute atomic E-state index is 11.5. The van der Waals surface area contributed by atoms with Crippen LogP contribution in [-0.4, -0.2) is 59.0 Å². The van der Waals surface area contributed by atoms with Crippen LogP contribution >= 0.6 is 0 Å². The van der Waals surface area contributed by atoms with Gasteiger partial charge in [-0.25, -0.2) is 13.1 Å². The number of hydrogen-bond acceptors (Lipinski definition) is 6. The molecule has 0 bridgehead atoms. The Labute approximate surface area is 131 Å². The van der Waals surface area contributed by atoms with E-state index < -0.39 is 15.9 Å². The third-order valence-electron chi connectivity index (χ3n) is 2.40. The lowest BCUT2D eigenvalue weighted by Crippen LogP contribution is -2.32. The summed E-state index contributed by atoms with van der Waals surface area (Å²) in [6.45, 7) is 7.38. The first kappa shape index (κ1) is 20.6. The molecule has 8 nitrogen and oxygen atoms in total. The number of amides is 2. The Morgan fingerprint density at radius 1 is 1.18 bits per heavy atom. The normalized spacial score (nSPS) is 11.0. The summed E-state index contributed by atoms with van der Waals surface area (Å²) in [6.07, 6.45) is 1.05. The van der Waals surface area contributed by atoms with Crippen molar-refractivity contribution >= 4 is 21.8 Å². The Kier molecular flexibility index (Phi) is 11.3. The summed E-state index contributed by atoms with van der Waals surface area (Å²) in [5.74, 6) is -1.35. The van der Waals surface area contributed by atoms with E-state index in [1.807, 2.05) is 11.6 Å². The van der Waals surface area contributed by atoms with Crippen molar-refractivity contribution in [1.82, 2.24) is 10.0 Å². The molecule has 0 radical (unpaired) electrons. The first-order valence-corrected chi connectivity index (χ1v) is 8.65. The van der Waals surface area contributed by atoms with Crippen LogP contribution in [0.4, 0.5) is 0 Å². The molecule has 0 fully saturated rings. The van der Waals surface area contributed by atoms with Crippen LogP contribution in [0, 0.1) is 0 Å². The van der Waals surface area contributed by atoms with Crippen LogP contribution in [0.25, 0.3) is 0 Å². The topological polar surface area (TPSA) is 111 Å². The summed E-state index contributed by atoms with van der Waals surface area (Å²) in [6, 6.07) is 0. The number of carbonyl (C=O) groups excluding carboxylic acids is 2. The summed E-state index contributed by atoms with van der Waals surface area (Å²) in [7, 11) is -3.72. The summed E-state index contributed by atoms with van der Waals surface area (Å²) in [4.78, 5) is 22.3. The quantitative estimate of drug-likeness (QED) is 0.349. The molecule has 0 aromatic carbocycles. The zero-order chi connectivity index (χ0) is 16.8. The van der Waals surface area contributed by atoms with E-state index in [2.05, 4.69) is 11.9 Å². The first-order valence-electron chi connectivity index (χ1n) is 7.00. The van der Waals surface area contributed by atoms with Gasteiger partial charge >= 0.3 is 0 Å². The molecule has 0 atom stereocenters. The van der Waals surface area contributed by atoms with E-state index in [0.717, 1.165) is 6.08 Å². The second-order valence-corrected chi connectivity index (χ2v) is 6.09. The molecule has 0 aromatic heterocycles. The van der Waals surface area contributed by atoms with Crippen LogP contribution in [0.15, 0.2) is 12.7 Å². The van der Waals surface area contributed by atoms with Crippen molar-refractivity contribution in [3.8, 4) is 0 Å². The van der Waals surface area contributed by atoms with Gasteiger partial charge in [0.1, 0.15) is 0 Å². The van der Waals surface area contributed by atoms with Crippen molar-refractivity contribution in [3.05, 3.63) is 12.7 Å². The average molecular weight is 336 g/mol. The Bertz CT molecular complexity index is 449. The maximum Gasteiger partial charge on any atom is 0.256 e. The number of carbonyl (C=O) groups is 2. The Morgan fingerprint density at radius 2 is 1.86 bits per heavy atom. The molecule has 0 rings (SSSR count). The van der Waals surface area contributed by atoms with Crippen molar-refractivity contribution in [2.45, 2.75) is 19.8 Å². The van der Waals surface area contributed by atoms with E-state index in [9.17, 15) is 18.0 Å². The van der Waals surface area contributed by atoms with E-state index in [1.54, 1.807) is 0 Å². The standard InChI is InChI=1S/C13H24N2O6S/c1-3-12(16)15-22(18,19)11-5-6-13(17)14-7-8-21-10-9-20-4-2/h3H,1,4-11H2,2H3,(H,14,17)(H,15,16). The van der Waals surface area contributed by atoms with Gasteiger partial charge in [-0.05, 0) is 19.4 Å². The van der Waals surface area contributed by atoms with Crippen LogP contribution in [0.5, 0.6) is 0 Å². The largest absolute Gasteiger partial charge is 0.379 e. The van der Waals surface area contributed by atoms with Gasteiger partial charge < -0.3 is 14.8 Å². The summed E-state index contributed by atoms with van der Waals surface area (Å²) in [5, 5.41) is 2.61. The van der Waals surface area contributed by atoms with Crippen molar-refractivity contribution in [1.29, 1.82) is 0 Å². The predicted octanol–water partition coefficient (Wildman–Crippen LogP) is -0.432. The minimum Gasteiger partial charge on any atom is -0.379 e. The van der Waals surface area contributed by atoms with Gasteiger partial charge in [0.25, 0.3) is 5.91 Å². The molecular weight excluding hydrogens is 312 g/mol. The zero-order valence-electron chi connectivity index (χ0n) is 12.8. The fourth-order valence-electron chi connectivity index (χ4n) is 1.38. The van der Waals surface area contributed by atoms with Crippen molar-refractivity contribution in [3.63, 3.8) is 0 Å². The fourth-order valence-corrected chi connectivity index (χ4v) is 2.40. The molecule has 0 saturated heterocycles. The van der Waals surface area contributed by atoms with Crippen molar-refractivity contribution in [2.24, 2.45) is 0 Å². The number of nitrogens with one attached hydrogen (secondary N) is 2. The predicted molar refractivity (Wildman–Crippen MR) is 81.7 cm³/mol. The Balaban J connectivity index is 3.65. The SMILES string of the molecule is C=CC(=O)NS(=O)(=O)CCCC(=O)NCCOCCOCC. The van der Waals surface area contributed by atoms with Gasteiger partial charge in [0.05, 0.1) is 25.6 Å². The highest BCUT2D eigenvalue weighted by Gasteiger charge is 2.13. The van der Waals surface area contributed by atoms with Crippen LogP contribution in [0.1, 0.15) is 19.8 Å². The molecule has 128 valence electrons. The van der Waals surface area contributed by atoms with E-state index in [4.69, 9.17) is 9.47 Å². The highest BCUT2D eigenvalue weighted by atomic mass is 32.2. The van der Waals surface area contributed by atoms with Crippen molar-refractivity contribution < 1.29 is 27.5 Å². The molecule has 0 aromatic rings. The highest BCUT2D eigenvalue weighted by Crippen LogP contribution is 1.95. The van der Waals surface area contributed by atoms with Crippen molar-refractivity contribution in [2.75, 3.05) is 38.7 Å². The molecule has 2 N–H and O–H groups in total. The highest BCUT2D eigenvalue weighted by molar-refractivity contribution is 7.90. The fraction of sp³-hybridized carbons (Fsp3) is 0.692. The lowest BCUT2D eigenvalue weighted by atomic mass is 10.3. The minimum absolute atomic E-state index is 0.0577. The third-order valence-corrected chi connectivity index (χ3v) is 3.74. The van der Waals surface area contributed by atoms with E-state index in [0.29, 0.717) is 33.0 Å². The average Bonchev–Trinajstić information content (AvgIpc) is 2.45. The molecule has 0 heterocycles. The summed E-state index contributed by atoms with van der Waals surface area (Å²) >= 11 is 0. The Hall–Kier alpha value is -1.45. The number of ether oxygens (including phenoxy) is 2. The lowest BCUT2D eigenvalue weighted by Gasteiger charge is -2.07. The second kappa shape index (κ2) is 12.1. The molecule has 0 aliphatic heterocycles. The minimum atomic E-state index is -3.72. The molecule has 0 spiro atoms. The van der Waals surface area contributed by atoms with Crippen LogP contribution in [0.2, 0.25) is 0 Å². The van der Waals surface area contributed by atoms with E-state index in [1.165, 1.54) is 0 Å². The molecule has 0 saturated carbocycles. The van der Waals surface area contributed by atoms with Gasteiger partial charge in [-0.15, -0.1) is 0 Å². The van der Waals surface area contributed by atoms with Gasteiger partial charge in [0, 0.05) is 19.6 Å². The molecule has 9 heteroatoms. The van der Waals surface area contributed by atoms with Gasteiger partial charge in [-0.3, -0.25) is 9.59 Å². The van der Waals surface area contributed by atoms with E-state index in [-0.39, 0.29) is 24.5 Å². The first-order chi connectivity index (χ1) is 10.4. The monoisotopic (exact) mass is 336 g/mol. The number of sulfonamides is 1. The zero-order valence-corrected chi connectivity index (χ0v) is 13.6. The molecule has 0 unspecified atom stereocenters. The van der Waals surface area contributed by atoms with Crippen LogP contribution < -0.4 is 10.0 Å². The maximum atomic E-state index is 11.5. The van der Waals surface area contributed by atoms with Gasteiger partial charge in [-0.2, -0.15) is 0 Å². The second-order valence-electron chi connectivity index (χ2n) is 4.25. The Morgan fingerprint density at radius 3 is 2.50 bits per heavy atom. The van der Waals surface area contributed by atoms with Gasteiger partial charge in [0.15, 0.2) is 0 Å². The molecule has 2 amide bonds. The smallest absolute Gasteiger partial charge is 0.256 e. The van der Waals surface area contributed by atoms with E-state index >= 15 is 0 Å². The van der Waals surface area contributed by atoms with Gasteiger partial charge in [-0.1, -0.05) is 6.58 Å². The van der Waals surface area contributed by atoms with Crippen LogP contribution in [-0.2, 0) is 29.1 Å². The molecular formula is C13H24N2O6S. The third kappa shape index (κ3) is 12.3. The molecule has 0 aliphatic rings. The summed E-state index contributed by atoms with van der Waals surface area (Å²) in [5.41, 5.74) is 0. The lowest BCUT2D eigenvalue weighted by molar-refractivity contribution is -0.121.